The Balaban J connectivity index is 1.77. The lowest BCUT2D eigenvalue weighted by molar-refractivity contribution is -0.384. The Bertz CT molecular complexity index is 1160. The number of nitrogens with zero attached hydrogens (tertiary/aromatic N) is 1. The van der Waals surface area contributed by atoms with Crippen molar-refractivity contribution in [2.45, 2.75) is 38.5 Å². The van der Waals surface area contributed by atoms with Crippen LogP contribution in [0, 0.1) is 10.1 Å². The van der Waals surface area contributed by atoms with E-state index in [1.165, 1.54) is 30.9 Å². The minimum absolute atomic E-state index is 0.0768. The Hall–Kier alpha value is -4.14. The Morgan fingerprint density at radius 1 is 1.11 bits per heavy atom. The molecule has 3 rings (SSSR count). The van der Waals surface area contributed by atoms with Crippen LogP contribution < -0.4 is 5.32 Å². The second kappa shape index (κ2) is 11.8. The number of hydrogen-bond acceptors (Lipinski definition) is 7. The fourth-order valence-electron chi connectivity index (χ4n) is 4.04. The number of unbranched alkanes of at least 4 members (excludes halogenated alkanes) is 2. The highest BCUT2D eigenvalue weighted by Gasteiger charge is 2.40. The number of carbonyl (C=O) groups excluding carboxylic acids is 2. The van der Waals surface area contributed by atoms with E-state index in [9.17, 15) is 24.8 Å². The van der Waals surface area contributed by atoms with Gasteiger partial charge in [0.15, 0.2) is 0 Å². The van der Waals surface area contributed by atoms with Crippen LogP contribution in [-0.2, 0) is 25.5 Å². The molecule has 0 spiro atoms. The lowest BCUT2D eigenvalue weighted by atomic mass is 9.80. The smallest absolute Gasteiger partial charge is 0.336 e. The van der Waals surface area contributed by atoms with Crippen molar-refractivity contribution in [3.8, 4) is 0 Å². The standard InChI is InChI=1S/C26H28N2O7/c1-17-21(26(31)35-15-8-4-7-12-18-10-5-3-6-11-18)22(23(24(29)27-17)25(30)34-2)19-13-9-14-20(16-19)28(32)33/h3,5-6,9-11,13-14,16,22,30H,4,7-8,12,15H2,1-2H3,(H,27,29). The first kappa shape index (κ1) is 25.5. The van der Waals surface area contributed by atoms with Gasteiger partial charge in [-0.25, -0.2) is 4.79 Å². The number of hydrogen-bond donors (Lipinski definition) is 2. The largest absolute Gasteiger partial charge is 0.481 e. The zero-order chi connectivity index (χ0) is 25.4. The predicted molar refractivity (Wildman–Crippen MR) is 128 cm³/mol. The Labute approximate surface area is 203 Å². The number of nitro benzene ring substituents is 1. The van der Waals surface area contributed by atoms with E-state index in [0.29, 0.717) is 6.42 Å². The molecule has 0 saturated carbocycles. The van der Waals surface area contributed by atoms with Gasteiger partial charge in [0.05, 0.1) is 30.1 Å². The summed E-state index contributed by atoms with van der Waals surface area (Å²) in [6, 6.07) is 15.7. The third-order valence-electron chi connectivity index (χ3n) is 5.77. The monoisotopic (exact) mass is 480 g/mol. The molecule has 2 aromatic carbocycles. The molecule has 184 valence electrons. The van der Waals surface area contributed by atoms with E-state index in [0.717, 1.165) is 19.3 Å². The maximum atomic E-state index is 13.1. The number of allylic oxidation sites excluding steroid dienone is 1. The number of aliphatic hydroxyl groups is 1. The van der Waals surface area contributed by atoms with Crippen LogP contribution in [0.25, 0.3) is 0 Å². The lowest BCUT2D eigenvalue weighted by Crippen LogP contribution is -2.37. The molecule has 1 aliphatic rings. The maximum Gasteiger partial charge on any atom is 0.336 e. The summed E-state index contributed by atoms with van der Waals surface area (Å²) in [6.45, 7) is 1.72. The number of nitro groups is 1. The first-order valence-corrected chi connectivity index (χ1v) is 11.3. The summed E-state index contributed by atoms with van der Waals surface area (Å²) in [5.41, 5.74) is 1.41. The van der Waals surface area contributed by atoms with E-state index < -0.39 is 28.7 Å². The summed E-state index contributed by atoms with van der Waals surface area (Å²) in [4.78, 5) is 36.5. The van der Waals surface area contributed by atoms with Gasteiger partial charge in [0, 0.05) is 17.8 Å². The molecule has 35 heavy (non-hydrogen) atoms. The Kier molecular flexibility index (Phi) is 8.61. The average molecular weight is 481 g/mol. The van der Waals surface area contributed by atoms with Gasteiger partial charge >= 0.3 is 5.97 Å². The summed E-state index contributed by atoms with van der Waals surface area (Å²) in [5, 5.41) is 24.2. The van der Waals surface area contributed by atoms with E-state index >= 15 is 0 Å². The highest BCUT2D eigenvalue weighted by atomic mass is 16.6. The van der Waals surface area contributed by atoms with E-state index in [1.807, 2.05) is 18.2 Å². The molecule has 1 heterocycles. The number of aliphatic hydroxyl groups excluding tert-OH is 1. The van der Waals surface area contributed by atoms with Crippen LogP contribution in [0.15, 0.2) is 77.4 Å². The molecular formula is C26H28N2O7. The van der Waals surface area contributed by atoms with Gasteiger partial charge in [-0.1, -0.05) is 42.5 Å². The number of aryl methyl sites for hydroxylation is 1. The first-order chi connectivity index (χ1) is 16.8. The number of non-ortho nitro benzene ring substituents is 1. The molecule has 0 aromatic heterocycles. The van der Waals surface area contributed by atoms with Crippen molar-refractivity contribution in [1.82, 2.24) is 5.32 Å². The third kappa shape index (κ3) is 6.26. The van der Waals surface area contributed by atoms with Crippen molar-refractivity contribution in [1.29, 1.82) is 0 Å². The van der Waals surface area contributed by atoms with Crippen LogP contribution in [-0.4, -0.2) is 35.6 Å². The van der Waals surface area contributed by atoms with Crippen LogP contribution >= 0.6 is 0 Å². The second-order valence-corrected chi connectivity index (χ2v) is 8.13. The SMILES string of the molecule is COC(O)=C1C(=O)NC(C)=C(C(=O)OCCCCCc2ccccc2)C1c1cccc([N+](=O)[O-])c1. The minimum Gasteiger partial charge on any atom is -0.481 e. The Morgan fingerprint density at radius 3 is 2.54 bits per heavy atom. The molecule has 1 atom stereocenters. The van der Waals surface area contributed by atoms with Gasteiger partial charge in [0.1, 0.15) is 5.57 Å². The van der Waals surface area contributed by atoms with Crippen molar-refractivity contribution < 1.29 is 29.1 Å². The zero-order valence-electron chi connectivity index (χ0n) is 19.7. The summed E-state index contributed by atoms with van der Waals surface area (Å²) < 4.78 is 10.4. The summed E-state index contributed by atoms with van der Waals surface area (Å²) in [5.74, 6) is -3.13. The average Bonchev–Trinajstić information content (AvgIpc) is 2.85. The van der Waals surface area contributed by atoms with Crippen LogP contribution in [0.1, 0.15) is 43.2 Å². The van der Waals surface area contributed by atoms with E-state index in [2.05, 4.69) is 17.4 Å². The number of benzene rings is 2. The van der Waals surface area contributed by atoms with Gasteiger partial charge < -0.3 is 19.9 Å². The highest BCUT2D eigenvalue weighted by Crippen LogP contribution is 2.39. The summed E-state index contributed by atoms with van der Waals surface area (Å²) >= 11 is 0. The summed E-state index contributed by atoms with van der Waals surface area (Å²) in [6.07, 6.45) is 3.40. The van der Waals surface area contributed by atoms with E-state index in [1.54, 1.807) is 13.0 Å². The Morgan fingerprint density at radius 2 is 1.86 bits per heavy atom. The molecule has 9 heteroatoms. The number of nitrogens with one attached hydrogen (secondary N) is 1. The molecule has 2 aromatic rings. The zero-order valence-corrected chi connectivity index (χ0v) is 19.7. The third-order valence-corrected chi connectivity index (χ3v) is 5.77. The van der Waals surface area contributed by atoms with Crippen molar-refractivity contribution in [2.24, 2.45) is 0 Å². The molecule has 9 nitrogen and oxygen atoms in total. The van der Waals surface area contributed by atoms with Crippen molar-refractivity contribution in [3.05, 3.63) is 98.6 Å². The van der Waals surface area contributed by atoms with E-state index in [4.69, 9.17) is 9.47 Å². The van der Waals surface area contributed by atoms with Gasteiger partial charge in [0.25, 0.3) is 17.5 Å². The molecular weight excluding hydrogens is 452 g/mol. The van der Waals surface area contributed by atoms with Crippen molar-refractivity contribution in [3.63, 3.8) is 0 Å². The number of rotatable bonds is 10. The van der Waals surface area contributed by atoms with Crippen molar-refractivity contribution >= 4 is 17.6 Å². The molecule has 1 amide bonds. The quantitative estimate of drug-likeness (QED) is 0.128. The van der Waals surface area contributed by atoms with E-state index in [-0.39, 0.29) is 34.7 Å². The minimum atomic E-state index is -1.10. The number of carbonyl (C=O) groups is 2. The van der Waals surface area contributed by atoms with Gasteiger partial charge in [-0.3, -0.25) is 14.9 Å². The van der Waals surface area contributed by atoms with Crippen molar-refractivity contribution in [2.75, 3.05) is 13.7 Å². The molecule has 0 saturated heterocycles. The number of methoxy groups -OCH3 is 1. The van der Waals surface area contributed by atoms with Gasteiger partial charge in [-0.15, -0.1) is 0 Å². The van der Waals surface area contributed by atoms with Crippen LogP contribution in [0.3, 0.4) is 0 Å². The molecule has 0 aliphatic carbocycles. The molecule has 2 N–H and O–H groups in total. The summed E-state index contributed by atoms with van der Waals surface area (Å²) in [7, 11) is 1.18. The van der Waals surface area contributed by atoms with Gasteiger partial charge in [0.2, 0.25) is 0 Å². The second-order valence-electron chi connectivity index (χ2n) is 8.13. The topological polar surface area (TPSA) is 128 Å². The van der Waals surface area contributed by atoms with Crippen LogP contribution in [0.5, 0.6) is 0 Å². The highest BCUT2D eigenvalue weighted by molar-refractivity contribution is 6.04. The fourth-order valence-corrected chi connectivity index (χ4v) is 4.04. The number of esters is 1. The van der Waals surface area contributed by atoms with Gasteiger partial charge in [-0.05, 0) is 43.7 Å². The maximum absolute atomic E-state index is 13.1. The predicted octanol–water partition coefficient (Wildman–Crippen LogP) is 4.45. The number of ether oxygens (including phenoxy) is 2. The number of amides is 1. The molecule has 0 bridgehead atoms. The molecule has 1 aliphatic heterocycles. The molecule has 0 fully saturated rings. The normalized spacial score (nSPS) is 17.0. The molecule has 0 radical (unpaired) electrons. The van der Waals surface area contributed by atoms with Crippen LogP contribution in [0.4, 0.5) is 5.69 Å². The lowest BCUT2D eigenvalue weighted by Gasteiger charge is -2.29. The fraction of sp³-hybridized carbons (Fsp3) is 0.308. The van der Waals surface area contributed by atoms with Gasteiger partial charge in [-0.2, -0.15) is 0 Å². The van der Waals surface area contributed by atoms with Crippen LogP contribution in [0.2, 0.25) is 0 Å². The first-order valence-electron chi connectivity index (χ1n) is 11.3. The molecule has 1 unspecified atom stereocenters.